The topological polar surface area (TPSA) is 66.4 Å². The van der Waals surface area contributed by atoms with Gasteiger partial charge in [-0.05, 0) is 43.7 Å². The van der Waals surface area contributed by atoms with Crippen LogP contribution >= 0.6 is 0 Å². The zero-order chi connectivity index (χ0) is 16.3. The smallest absolute Gasteiger partial charge is 0.336 e. The summed E-state index contributed by atoms with van der Waals surface area (Å²) in [6, 6.07) is 6.36. The van der Waals surface area contributed by atoms with Crippen LogP contribution in [0, 0.1) is 5.41 Å². The van der Waals surface area contributed by atoms with E-state index in [-0.39, 0.29) is 28.5 Å². The number of carboxylic acids is 1. The largest absolute Gasteiger partial charge is 0.478 e. The molecule has 0 spiro atoms. The van der Waals surface area contributed by atoms with Gasteiger partial charge in [-0.2, -0.15) is 0 Å². The molecule has 0 heterocycles. The van der Waals surface area contributed by atoms with Crippen LogP contribution in [0.1, 0.15) is 60.7 Å². The minimum Gasteiger partial charge on any atom is -0.478 e. The van der Waals surface area contributed by atoms with Gasteiger partial charge in [-0.25, -0.2) is 4.79 Å². The van der Waals surface area contributed by atoms with Crippen molar-refractivity contribution in [2.45, 2.75) is 46.1 Å². The van der Waals surface area contributed by atoms with E-state index in [9.17, 15) is 14.7 Å². The van der Waals surface area contributed by atoms with E-state index in [1.807, 2.05) is 0 Å². The van der Waals surface area contributed by atoms with Gasteiger partial charge >= 0.3 is 5.97 Å². The van der Waals surface area contributed by atoms with E-state index in [4.69, 9.17) is 0 Å². The summed E-state index contributed by atoms with van der Waals surface area (Å²) >= 11 is 0. The maximum Gasteiger partial charge on any atom is 0.336 e. The molecule has 0 fully saturated rings. The number of carboxylic acid groups (broad SMARTS) is 1. The summed E-state index contributed by atoms with van der Waals surface area (Å²) in [5.74, 6) is -1.39. The Morgan fingerprint density at radius 3 is 2.50 bits per heavy atom. The number of hydrogen-bond donors (Lipinski definition) is 2. The molecule has 118 valence electrons. The van der Waals surface area contributed by atoms with Crippen LogP contribution in [-0.2, 0) is 0 Å². The molecule has 1 aromatic carbocycles. The fourth-order valence-electron chi connectivity index (χ4n) is 2.82. The molecule has 1 unspecified atom stereocenters. The monoisotopic (exact) mass is 301 g/mol. The zero-order valence-corrected chi connectivity index (χ0v) is 13.3. The summed E-state index contributed by atoms with van der Waals surface area (Å²) in [5.41, 5.74) is 1.56. The van der Waals surface area contributed by atoms with Crippen LogP contribution in [-0.4, -0.2) is 23.0 Å². The van der Waals surface area contributed by atoms with Gasteiger partial charge in [-0.3, -0.25) is 4.79 Å². The number of carbonyl (C=O) groups is 2. The molecule has 4 nitrogen and oxygen atoms in total. The number of aromatic carboxylic acids is 1. The molecule has 0 aromatic heterocycles. The van der Waals surface area contributed by atoms with E-state index in [0.29, 0.717) is 0 Å². The molecule has 0 aliphatic heterocycles. The lowest BCUT2D eigenvalue weighted by Gasteiger charge is -2.33. The van der Waals surface area contributed by atoms with Crippen LogP contribution in [0.4, 0.5) is 0 Å². The Labute approximate surface area is 131 Å². The molecule has 0 saturated carbocycles. The van der Waals surface area contributed by atoms with Crippen molar-refractivity contribution in [3.05, 3.63) is 47.0 Å². The number of nitrogens with one attached hydrogen (secondary N) is 1. The average molecular weight is 301 g/mol. The van der Waals surface area contributed by atoms with Crippen LogP contribution in [0.5, 0.6) is 0 Å². The van der Waals surface area contributed by atoms with Gasteiger partial charge < -0.3 is 10.4 Å². The van der Waals surface area contributed by atoms with Crippen LogP contribution < -0.4 is 5.32 Å². The van der Waals surface area contributed by atoms with Gasteiger partial charge in [0, 0.05) is 6.04 Å². The lowest BCUT2D eigenvalue weighted by Crippen LogP contribution is -2.44. The van der Waals surface area contributed by atoms with Crippen molar-refractivity contribution in [3.63, 3.8) is 0 Å². The second kappa shape index (κ2) is 6.34. The highest BCUT2D eigenvalue weighted by molar-refractivity contribution is 6.04. The summed E-state index contributed by atoms with van der Waals surface area (Å²) in [4.78, 5) is 23.8. The van der Waals surface area contributed by atoms with Crippen molar-refractivity contribution in [1.29, 1.82) is 0 Å². The molecule has 2 rings (SSSR count). The Morgan fingerprint density at radius 2 is 1.86 bits per heavy atom. The zero-order valence-electron chi connectivity index (χ0n) is 13.3. The molecule has 1 aliphatic carbocycles. The first-order valence-corrected chi connectivity index (χ1v) is 7.60. The van der Waals surface area contributed by atoms with Crippen molar-refractivity contribution < 1.29 is 14.7 Å². The quantitative estimate of drug-likeness (QED) is 0.838. The molecule has 4 heteroatoms. The fourth-order valence-corrected chi connectivity index (χ4v) is 2.82. The Morgan fingerprint density at radius 1 is 1.23 bits per heavy atom. The molecular formula is C18H23NO3. The van der Waals surface area contributed by atoms with E-state index < -0.39 is 5.97 Å². The third kappa shape index (κ3) is 3.56. The number of amides is 1. The molecule has 1 aliphatic rings. The van der Waals surface area contributed by atoms with Gasteiger partial charge in [0.05, 0.1) is 11.1 Å². The highest BCUT2D eigenvalue weighted by atomic mass is 16.4. The minimum atomic E-state index is -1.08. The highest BCUT2D eigenvalue weighted by Gasteiger charge is 2.32. The number of allylic oxidation sites excluding steroid dienone is 2. The molecule has 22 heavy (non-hydrogen) atoms. The summed E-state index contributed by atoms with van der Waals surface area (Å²) in [7, 11) is 0. The minimum absolute atomic E-state index is 0.0237. The van der Waals surface area contributed by atoms with Crippen LogP contribution in [0.15, 0.2) is 35.9 Å². The maximum atomic E-state index is 12.5. The summed E-state index contributed by atoms with van der Waals surface area (Å²) in [6.07, 6.45) is 4.97. The predicted molar refractivity (Wildman–Crippen MR) is 86.0 cm³/mol. The third-order valence-corrected chi connectivity index (χ3v) is 4.45. The first-order chi connectivity index (χ1) is 10.3. The van der Waals surface area contributed by atoms with Crippen molar-refractivity contribution >= 4 is 11.9 Å². The normalized spacial score (nSPS) is 20.7. The Bertz CT molecular complexity index is 617. The molecule has 0 saturated heterocycles. The molecule has 1 atom stereocenters. The van der Waals surface area contributed by atoms with Gasteiger partial charge in [-0.15, -0.1) is 0 Å². The molecule has 2 N–H and O–H groups in total. The van der Waals surface area contributed by atoms with Crippen molar-refractivity contribution in [2.75, 3.05) is 0 Å². The van der Waals surface area contributed by atoms with Crippen molar-refractivity contribution in [2.24, 2.45) is 5.41 Å². The van der Waals surface area contributed by atoms with Crippen LogP contribution in [0.25, 0.3) is 0 Å². The number of benzene rings is 1. The van der Waals surface area contributed by atoms with Crippen molar-refractivity contribution in [1.82, 2.24) is 5.32 Å². The van der Waals surface area contributed by atoms with E-state index in [2.05, 4.69) is 32.2 Å². The van der Waals surface area contributed by atoms with Gasteiger partial charge in [0.25, 0.3) is 5.91 Å². The third-order valence-electron chi connectivity index (χ3n) is 4.45. The average Bonchev–Trinajstić information content (AvgIpc) is 2.60. The molecule has 1 amide bonds. The lowest BCUT2D eigenvalue weighted by molar-refractivity contribution is 0.0689. The van der Waals surface area contributed by atoms with Crippen LogP contribution in [0.3, 0.4) is 0 Å². The van der Waals surface area contributed by atoms with Gasteiger partial charge in [-0.1, -0.05) is 37.6 Å². The molecular weight excluding hydrogens is 278 g/mol. The summed E-state index contributed by atoms with van der Waals surface area (Å²) in [5, 5.41) is 12.3. The Kier molecular flexibility index (Phi) is 4.69. The maximum absolute atomic E-state index is 12.5. The lowest BCUT2D eigenvalue weighted by atomic mass is 9.80. The first kappa shape index (κ1) is 16.3. The first-order valence-electron chi connectivity index (χ1n) is 7.60. The highest BCUT2D eigenvalue weighted by Crippen LogP contribution is 2.33. The summed E-state index contributed by atoms with van der Waals surface area (Å²) < 4.78 is 0. The van der Waals surface area contributed by atoms with E-state index in [0.717, 1.165) is 19.3 Å². The van der Waals surface area contributed by atoms with Gasteiger partial charge in [0.15, 0.2) is 0 Å². The van der Waals surface area contributed by atoms with E-state index in [1.165, 1.54) is 11.6 Å². The SMILES string of the molecule is CC1=CCC(C)(C)C(NC(=O)c2ccccc2C(=O)O)CC1. The molecule has 0 bridgehead atoms. The number of rotatable bonds is 3. The van der Waals surface area contributed by atoms with Gasteiger partial charge in [0.2, 0.25) is 0 Å². The predicted octanol–water partition coefficient (Wildman–Crippen LogP) is 3.64. The molecule has 0 radical (unpaired) electrons. The second-order valence-corrected chi connectivity index (χ2v) is 6.66. The van der Waals surface area contributed by atoms with Crippen LogP contribution in [0.2, 0.25) is 0 Å². The Balaban J connectivity index is 2.20. The fraction of sp³-hybridized carbons (Fsp3) is 0.444. The second-order valence-electron chi connectivity index (χ2n) is 6.66. The number of hydrogen-bond acceptors (Lipinski definition) is 2. The Hall–Kier alpha value is -2.10. The standard InChI is InChI=1S/C18H23NO3/c1-12-8-9-15(18(2,3)11-10-12)19-16(20)13-6-4-5-7-14(13)17(21)22/h4-7,10,15H,8-9,11H2,1-3H3,(H,19,20)(H,21,22). The van der Waals surface area contributed by atoms with Gasteiger partial charge in [0.1, 0.15) is 0 Å². The number of carbonyl (C=O) groups excluding carboxylic acids is 1. The van der Waals surface area contributed by atoms with Crippen molar-refractivity contribution in [3.8, 4) is 0 Å². The molecule has 1 aromatic rings. The van der Waals surface area contributed by atoms with E-state index >= 15 is 0 Å². The van der Waals surface area contributed by atoms with E-state index in [1.54, 1.807) is 18.2 Å². The summed E-state index contributed by atoms with van der Waals surface area (Å²) in [6.45, 7) is 6.38.